The second kappa shape index (κ2) is 6.92. The predicted molar refractivity (Wildman–Crippen MR) is 94.1 cm³/mol. The minimum atomic E-state index is -0.518. The summed E-state index contributed by atoms with van der Waals surface area (Å²) in [5.41, 5.74) is 1.22. The molecule has 116 valence electrons. The summed E-state index contributed by atoms with van der Waals surface area (Å²) in [6.07, 6.45) is 0.697. The van der Waals surface area contributed by atoms with E-state index in [1.165, 1.54) is 22.9 Å². The Hall–Kier alpha value is -2.20. The fraction of sp³-hybridized carbons (Fsp3) is 0.105. The van der Waals surface area contributed by atoms with Gasteiger partial charge in [-0.1, -0.05) is 58.4 Å². The van der Waals surface area contributed by atoms with Crippen molar-refractivity contribution in [3.05, 3.63) is 82.1 Å². The van der Waals surface area contributed by atoms with Crippen LogP contribution in [0.3, 0.4) is 0 Å². The van der Waals surface area contributed by atoms with Gasteiger partial charge < -0.3 is 5.32 Å². The molecule has 1 N–H and O–H groups in total. The van der Waals surface area contributed by atoms with Crippen LogP contribution in [0.2, 0.25) is 0 Å². The predicted octanol–water partition coefficient (Wildman–Crippen LogP) is 4.71. The molecule has 3 aromatic carbocycles. The lowest BCUT2D eigenvalue weighted by molar-refractivity contribution is 0.0950. The average Bonchev–Trinajstić information content (AvgIpc) is 2.57. The van der Waals surface area contributed by atoms with Crippen molar-refractivity contribution >= 4 is 32.6 Å². The van der Waals surface area contributed by atoms with Crippen LogP contribution in [0, 0.1) is 5.82 Å². The Kier molecular flexibility index (Phi) is 4.72. The second-order valence-electron chi connectivity index (χ2n) is 5.27. The van der Waals surface area contributed by atoms with Gasteiger partial charge in [0.15, 0.2) is 0 Å². The van der Waals surface area contributed by atoms with E-state index in [9.17, 15) is 9.18 Å². The number of carbonyl (C=O) groups is 1. The maximum Gasteiger partial charge on any atom is 0.254 e. The number of hydrogen-bond donors (Lipinski definition) is 1. The quantitative estimate of drug-likeness (QED) is 0.706. The van der Waals surface area contributed by atoms with E-state index in [0.717, 1.165) is 5.56 Å². The lowest BCUT2D eigenvalue weighted by Crippen LogP contribution is -2.26. The van der Waals surface area contributed by atoms with Gasteiger partial charge in [0.1, 0.15) is 5.82 Å². The highest BCUT2D eigenvalue weighted by Gasteiger charge is 2.11. The van der Waals surface area contributed by atoms with Gasteiger partial charge in [0.05, 0.1) is 5.56 Å². The molecular formula is C19H15BrFNO. The zero-order valence-electron chi connectivity index (χ0n) is 12.4. The molecular weight excluding hydrogens is 357 g/mol. The first-order valence-corrected chi connectivity index (χ1v) is 8.14. The van der Waals surface area contributed by atoms with E-state index >= 15 is 0 Å². The van der Waals surface area contributed by atoms with Crippen LogP contribution in [0.5, 0.6) is 0 Å². The fourth-order valence-electron chi connectivity index (χ4n) is 2.59. The number of benzene rings is 3. The third-order valence-electron chi connectivity index (χ3n) is 3.73. The number of carbonyl (C=O) groups excluding carboxylic acids is 1. The van der Waals surface area contributed by atoms with Crippen LogP contribution in [-0.2, 0) is 6.42 Å². The average molecular weight is 372 g/mol. The third kappa shape index (κ3) is 3.59. The molecule has 0 heterocycles. The lowest BCUT2D eigenvalue weighted by atomic mass is 10.0. The first-order valence-electron chi connectivity index (χ1n) is 7.35. The molecule has 0 bridgehead atoms. The molecule has 0 saturated heterocycles. The second-order valence-corrected chi connectivity index (χ2v) is 6.18. The van der Waals surface area contributed by atoms with E-state index in [1.54, 1.807) is 6.07 Å². The molecule has 2 nitrogen and oxygen atoms in total. The Bertz CT molecular complexity index is 858. The first-order chi connectivity index (χ1) is 11.1. The van der Waals surface area contributed by atoms with Gasteiger partial charge in [-0.3, -0.25) is 4.79 Å². The van der Waals surface area contributed by atoms with Gasteiger partial charge in [0.2, 0.25) is 0 Å². The minimum Gasteiger partial charge on any atom is -0.352 e. The van der Waals surface area contributed by atoms with E-state index in [-0.39, 0.29) is 5.56 Å². The molecule has 23 heavy (non-hydrogen) atoms. The SMILES string of the molecule is O=C(NCCc1cccc2ccccc12)c1cc(Br)ccc1F. The molecule has 3 rings (SSSR count). The van der Waals surface area contributed by atoms with Crippen molar-refractivity contribution < 1.29 is 9.18 Å². The first kappa shape index (κ1) is 15.7. The van der Waals surface area contributed by atoms with Crippen molar-refractivity contribution in [3.63, 3.8) is 0 Å². The van der Waals surface area contributed by atoms with E-state index in [2.05, 4.69) is 39.4 Å². The molecule has 0 spiro atoms. The van der Waals surface area contributed by atoms with Gasteiger partial charge in [0.25, 0.3) is 5.91 Å². The van der Waals surface area contributed by atoms with Crippen molar-refractivity contribution in [3.8, 4) is 0 Å². The van der Waals surface area contributed by atoms with Gasteiger partial charge >= 0.3 is 0 Å². The van der Waals surface area contributed by atoms with Crippen molar-refractivity contribution in [1.82, 2.24) is 5.32 Å². The summed E-state index contributed by atoms with van der Waals surface area (Å²) in [7, 11) is 0. The maximum absolute atomic E-state index is 13.7. The van der Waals surface area contributed by atoms with Crippen LogP contribution in [0.1, 0.15) is 15.9 Å². The summed E-state index contributed by atoms with van der Waals surface area (Å²) in [5, 5.41) is 5.13. The third-order valence-corrected chi connectivity index (χ3v) is 4.23. The van der Waals surface area contributed by atoms with E-state index in [4.69, 9.17) is 0 Å². The Morgan fingerprint density at radius 3 is 2.70 bits per heavy atom. The van der Waals surface area contributed by atoms with Crippen LogP contribution in [0.15, 0.2) is 65.1 Å². The highest BCUT2D eigenvalue weighted by molar-refractivity contribution is 9.10. The summed E-state index contributed by atoms with van der Waals surface area (Å²) >= 11 is 3.25. The summed E-state index contributed by atoms with van der Waals surface area (Å²) in [4.78, 5) is 12.1. The van der Waals surface area contributed by atoms with Gasteiger partial charge in [-0.2, -0.15) is 0 Å². The summed E-state index contributed by atoms with van der Waals surface area (Å²) in [5.74, 6) is -0.917. The Labute approximate surface area is 142 Å². The maximum atomic E-state index is 13.7. The van der Waals surface area contributed by atoms with Crippen LogP contribution in [0.25, 0.3) is 10.8 Å². The molecule has 4 heteroatoms. The minimum absolute atomic E-state index is 0.0531. The monoisotopic (exact) mass is 371 g/mol. The molecule has 0 radical (unpaired) electrons. The number of rotatable bonds is 4. The highest BCUT2D eigenvalue weighted by Crippen LogP contribution is 2.19. The Balaban J connectivity index is 1.69. The summed E-state index contributed by atoms with van der Waals surface area (Å²) < 4.78 is 14.4. The zero-order chi connectivity index (χ0) is 16.2. The molecule has 0 aliphatic carbocycles. The molecule has 3 aromatic rings. The number of amides is 1. The molecule has 0 atom stereocenters. The summed E-state index contributed by atoms with van der Waals surface area (Å²) in [6.45, 7) is 0.457. The van der Waals surface area contributed by atoms with Crippen molar-refractivity contribution in [2.75, 3.05) is 6.54 Å². The van der Waals surface area contributed by atoms with Crippen LogP contribution >= 0.6 is 15.9 Å². The van der Waals surface area contributed by atoms with Crippen molar-refractivity contribution in [2.45, 2.75) is 6.42 Å². The zero-order valence-corrected chi connectivity index (χ0v) is 13.9. The van der Waals surface area contributed by atoms with Crippen molar-refractivity contribution in [2.24, 2.45) is 0 Å². The molecule has 0 aliphatic heterocycles. The smallest absolute Gasteiger partial charge is 0.254 e. The molecule has 0 saturated carbocycles. The standard InChI is InChI=1S/C19H15BrFNO/c20-15-8-9-18(21)17(12-15)19(23)22-11-10-14-6-3-5-13-4-1-2-7-16(13)14/h1-9,12H,10-11H2,(H,22,23). The number of halogens is 2. The van der Waals surface area contributed by atoms with E-state index in [1.807, 2.05) is 24.3 Å². The highest BCUT2D eigenvalue weighted by atomic mass is 79.9. The molecule has 0 unspecified atom stereocenters. The number of fused-ring (bicyclic) bond motifs is 1. The number of hydrogen-bond acceptors (Lipinski definition) is 1. The Morgan fingerprint density at radius 2 is 1.83 bits per heavy atom. The lowest BCUT2D eigenvalue weighted by Gasteiger charge is -2.09. The van der Waals surface area contributed by atoms with Gasteiger partial charge in [-0.05, 0) is 41.0 Å². The topological polar surface area (TPSA) is 29.1 Å². The largest absolute Gasteiger partial charge is 0.352 e. The van der Waals surface area contributed by atoms with Crippen LogP contribution in [0.4, 0.5) is 4.39 Å². The van der Waals surface area contributed by atoms with E-state index in [0.29, 0.717) is 17.4 Å². The molecule has 1 amide bonds. The van der Waals surface area contributed by atoms with Gasteiger partial charge in [0, 0.05) is 11.0 Å². The Morgan fingerprint density at radius 1 is 1.04 bits per heavy atom. The molecule has 0 fully saturated rings. The number of nitrogens with one attached hydrogen (secondary N) is 1. The van der Waals surface area contributed by atoms with Gasteiger partial charge in [-0.15, -0.1) is 0 Å². The molecule has 0 aliphatic rings. The normalized spacial score (nSPS) is 10.7. The summed E-state index contributed by atoms with van der Waals surface area (Å²) in [6, 6.07) is 18.6. The molecule has 0 aromatic heterocycles. The van der Waals surface area contributed by atoms with Gasteiger partial charge in [-0.25, -0.2) is 4.39 Å². The van der Waals surface area contributed by atoms with Crippen LogP contribution < -0.4 is 5.32 Å². The van der Waals surface area contributed by atoms with Crippen LogP contribution in [-0.4, -0.2) is 12.5 Å². The fourth-order valence-corrected chi connectivity index (χ4v) is 2.95. The van der Waals surface area contributed by atoms with Crippen molar-refractivity contribution in [1.29, 1.82) is 0 Å². The van der Waals surface area contributed by atoms with E-state index < -0.39 is 11.7 Å².